The second-order valence-corrected chi connectivity index (χ2v) is 6.72. The van der Waals surface area contributed by atoms with Crippen molar-refractivity contribution in [2.45, 2.75) is 63.8 Å². The monoisotopic (exact) mass is 251 g/mol. The van der Waals surface area contributed by atoms with E-state index in [2.05, 4.69) is 4.90 Å². The van der Waals surface area contributed by atoms with Gasteiger partial charge in [0.15, 0.2) is 0 Å². The molecule has 2 saturated carbocycles. The van der Waals surface area contributed by atoms with Crippen molar-refractivity contribution in [3.63, 3.8) is 0 Å². The number of carbonyl (C=O) groups is 1. The Morgan fingerprint density at radius 3 is 2.17 bits per heavy atom. The van der Waals surface area contributed by atoms with Crippen molar-refractivity contribution in [3.05, 3.63) is 0 Å². The van der Waals surface area contributed by atoms with Crippen LogP contribution in [0.3, 0.4) is 0 Å². The first-order valence-corrected chi connectivity index (χ1v) is 7.67. The second kappa shape index (κ2) is 4.84. The molecule has 1 N–H and O–H groups in total. The van der Waals surface area contributed by atoms with E-state index in [1.165, 1.54) is 44.9 Å². The summed E-state index contributed by atoms with van der Waals surface area (Å²) in [5, 5.41) is 9.40. The van der Waals surface area contributed by atoms with E-state index in [9.17, 15) is 9.90 Å². The third-order valence-corrected chi connectivity index (χ3v) is 5.49. The number of rotatable bonds is 3. The molecule has 3 aliphatic rings. The van der Waals surface area contributed by atoms with Crippen LogP contribution in [0.5, 0.6) is 0 Å². The van der Waals surface area contributed by atoms with E-state index in [1.807, 2.05) is 0 Å². The Balaban J connectivity index is 1.60. The van der Waals surface area contributed by atoms with Crippen molar-refractivity contribution < 1.29 is 9.90 Å². The van der Waals surface area contributed by atoms with E-state index >= 15 is 0 Å². The van der Waals surface area contributed by atoms with Crippen LogP contribution in [0.25, 0.3) is 0 Å². The molecule has 18 heavy (non-hydrogen) atoms. The highest BCUT2D eigenvalue weighted by Gasteiger charge is 2.44. The Morgan fingerprint density at radius 1 is 1.06 bits per heavy atom. The zero-order valence-electron chi connectivity index (χ0n) is 11.2. The minimum absolute atomic E-state index is 0.175. The fraction of sp³-hybridized carbons (Fsp3) is 0.933. The van der Waals surface area contributed by atoms with Gasteiger partial charge in [-0.2, -0.15) is 0 Å². The van der Waals surface area contributed by atoms with Gasteiger partial charge in [0.05, 0.1) is 0 Å². The molecule has 1 unspecified atom stereocenters. The van der Waals surface area contributed by atoms with Gasteiger partial charge in [-0.15, -0.1) is 0 Å². The van der Waals surface area contributed by atoms with Crippen molar-refractivity contribution in [1.82, 2.24) is 4.90 Å². The highest BCUT2D eigenvalue weighted by Crippen LogP contribution is 2.46. The fourth-order valence-corrected chi connectivity index (χ4v) is 4.15. The average Bonchev–Trinajstić information content (AvgIpc) is 3.18. The molecule has 1 saturated heterocycles. The largest absolute Gasteiger partial charge is 0.480 e. The molecule has 0 radical (unpaired) electrons. The highest BCUT2D eigenvalue weighted by molar-refractivity contribution is 5.74. The molecule has 0 aromatic carbocycles. The van der Waals surface area contributed by atoms with Gasteiger partial charge in [-0.05, 0) is 62.9 Å². The summed E-state index contributed by atoms with van der Waals surface area (Å²) < 4.78 is 0. The molecular formula is C15H25NO2. The van der Waals surface area contributed by atoms with E-state index in [4.69, 9.17) is 0 Å². The van der Waals surface area contributed by atoms with Gasteiger partial charge in [0.2, 0.25) is 0 Å². The number of nitrogens with zero attached hydrogens (tertiary/aromatic N) is 1. The highest BCUT2D eigenvalue weighted by atomic mass is 16.4. The molecule has 102 valence electrons. The molecular weight excluding hydrogens is 226 g/mol. The summed E-state index contributed by atoms with van der Waals surface area (Å²) in [7, 11) is 0. The lowest BCUT2D eigenvalue weighted by molar-refractivity contribution is -0.145. The first-order valence-electron chi connectivity index (χ1n) is 7.67. The molecule has 0 aromatic heterocycles. The van der Waals surface area contributed by atoms with Gasteiger partial charge in [-0.3, -0.25) is 9.69 Å². The maximum Gasteiger partial charge on any atom is 0.321 e. The summed E-state index contributed by atoms with van der Waals surface area (Å²) in [6.07, 6.45) is 11.7. The third-order valence-electron chi connectivity index (χ3n) is 5.49. The lowest BCUT2D eigenvalue weighted by atomic mass is 9.68. The van der Waals surface area contributed by atoms with Crippen LogP contribution in [0, 0.1) is 11.3 Å². The summed E-state index contributed by atoms with van der Waals surface area (Å²) in [5.74, 6) is -0.139. The lowest BCUT2D eigenvalue weighted by Gasteiger charge is -2.45. The summed E-state index contributed by atoms with van der Waals surface area (Å²) in [5.41, 5.74) is 0.585. The smallest absolute Gasteiger partial charge is 0.321 e. The number of aliphatic carboxylic acids is 1. The molecule has 0 aromatic rings. The van der Waals surface area contributed by atoms with E-state index in [1.54, 1.807) is 0 Å². The number of hydrogen-bond donors (Lipinski definition) is 1. The lowest BCUT2D eigenvalue weighted by Crippen LogP contribution is -2.49. The molecule has 3 rings (SSSR count). The van der Waals surface area contributed by atoms with Crippen LogP contribution in [0.2, 0.25) is 0 Å². The van der Waals surface area contributed by atoms with Gasteiger partial charge >= 0.3 is 5.97 Å². The van der Waals surface area contributed by atoms with Crippen LogP contribution in [0.15, 0.2) is 0 Å². The molecule has 1 heterocycles. The van der Waals surface area contributed by atoms with Crippen LogP contribution in [0.1, 0.15) is 57.8 Å². The van der Waals surface area contributed by atoms with E-state index in [0.717, 1.165) is 25.9 Å². The Bertz CT molecular complexity index is 308. The standard InChI is InChI=1S/C15H25NO2/c17-14(18)13(12-4-5-12)16-10-8-15(9-11-16)6-2-1-3-7-15/h12-13H,1-11H2,(H,17,18). The summed E-state index contributed by atoms with van der Waals surface area (Å²) in [6, 6.07) is -0.175. The van der Waals surface area contributed by atoms with Crippen LogP contribution < -0.4 is 0 Å². The zero-order valence-corrected chi connectivity index (χ0v) is 11.2. The Morgan fingerprint density at radius 2 is 1.67 bits per heavy atom. The molecule has 3 fully saturated rings. The molecule has 0 amide bonds. The zero-order chi connectivity index (χ0) is 12.6. The number of likely N-dealkylation sites (tertiary alicyclic amines) is 1. The molecule has 1 atom stereocenters. The van der Waals surface area contributed by atoms with Crippen LogP contribution >= 0.6 is 0 Å². The van der Waals surface area contributed by atoms with Crippen molar-refractivity contribution in [1.29, 1.82) is 0 Å². The van der Waals surface area contributed by atoms with Gasteiger partial charge in [0, 0.05) is 0 Å². The van der Waals surface area contributed by atoms with Crippen LogP contribution in [-0.4, -0.2) is 35.1 Å². The molecule has 1 spiro atoms. The van der Waals surface area contributed by atoms with E-state index in [-0.39, 0.29) is 6.04 Å². The minimum atomic E-state index is -0.586. The molecule has 0 bridgehead atoms. The predicted molar refractivity (Wildman–Crippen MR) is 70.5 cm³/mol. The summed E-state index contributed by atoms with van der Waals surface area (Å²) >= 11 is 0. The summed E-state index contributed by atoms with van der Waals surface area (Å²) in [4.78, 5) is 13.7. The minimum Gasteiger partial charge on any atom is -0.480 e. The Kier molecular flexibility index (Phi) is 3.35. The van der Waals surface area contributed by atoms with Gasteiger partial charge < -0.3 is 5.11 Å². The SMILES string of the molecule is O=C(O)C(C1CC1)N1CCC2(CCCCC2)CC1. The van der Waals surface area contributed by atoms with Crippen LogP contribution in [-0.2, 0) is 4.79 Å². The second-order valence-electron chi connectivity index (χ2n) is 6.72. The van der Waals surface area contributed by atoms with Gasteiger partial charge in [0.25, 0.3) is 0 Å². The Labute approximate surface area is 110 Å². The number of carboxylic acid groups (broad SMARTS) is 1. The normalized spacial score (nSPS) is 30.2. The van der Waals surface area contributed by atoms with E-state index < -0.39 is 5.97 Å². The number of hydrogen-bond acceptors (Lipinski definition) is 2. The van der Waals surface area contributed by atoms with Gasteiger partial charge in [-0.1, -0.05) is 19.3 Å². The van der Waals surface area contributed by atoms with Crippen molar-refractivity contribution in [2.24, 2.45) is 11.3 Å². The number of piperidine rings is 1. The molecule has 1 aliphatic heterocycles. The van der Waals surface area contributed by atoms with Crippen molar-refractivity contribution in [2.75, 3.05) is 13.1 Å². The maximum atomic E-state index is 11.4. The Hall–Kier alpha value is -0.570. The molecule has 3 heteroatoms. The van der Waals surface area contributed by atoms with Crippen LogP contribution in [0.4, 0.5) is 0 Å². The third kappa shape index (κ3) is 2.42. The predicted octanol–water partition coefficient (Wildman–Crippen LogP) is 2.90. The van der Waals surface area contributed by atoms with Gasteiger partial charge in [-0.25, -0.2) is 0 Å². The molecule has 2 aliphatic carbocycles. The quantitative estimate of drug-likeness (QED) is 0.838. The van der Waals surface area contributed by atoms with E-state index in [0.29, 0.717) is 11.3 Å². The summed E-state index contributed by atoms with van der Waals surface area (Å²) in [6.45, 7) is 2.04. The fourth-order valence-electron chi connectivity index (χ4n) is 4.15. The number of carboxylic acids is 1. The first-order chi connectivity index (χ1) is 8.70. The topological polar surface area (TPSA) is 40.5 Å². The van der Waals surface area contributed by atoms with Gasteiger partial charge in [0.1, 0.15) is 6.04 Å². The maximum absolute atomic E-state index is 11.4. The van der Waals surface area contributed by atoms with Crippen molar-refractivity contribution in [3.8, 4) is 0 Å². The molecule has 3 nitrogen and oxygen atoms in total. The first kappa shape index (κ1) is 12.5. The average molecular weight is 251 g/mol. The van der Waals surface area contributed by atoms with Crippen molar-refractivity contribution >= 4 is 5.97 Å².